The normalized spacial score (nSPS) is 19.4. The van der Waals surface area contributed by atoms with Crippen molar-refractivity contribution >= 4 is 27.3 Å². The summed E-state index contributed by atoms with van der Waals surface area (Å²) in [5, 5.41) is 6.85. The Morgan fingerprint density at radius 1 is 1.30 bits per heavy atom. The fraction of sp³-hybridized carbons (Fsp3) is 0.609. The highest BCUT2D eigenvalue weighted by molar-refractivity contribution is 7.91. The van der Waals surface area contributed by atoms with E-state index in [1.54, 1.807) is 6.92 Å². The number of nitrogens with zero attached hydrogens (tertiary/aromatic N) is 3. The maximum atomic E-state index is 12.9. The van der Waals surface area contributed by atoms with E-state index in [1.165, 1.54) is 30.3 Å². The highest BCUT2D eigenvalue weighted by Gasteiger charge is 2.38. The summed E-state index contributed by atoms with van der Waals surface area (Å²) in [6.45, 7) is 3.35. The van der Waals surface area contributed by atoms with E-state index in [0.29, 0.717) is 50.0 Å². The lowest BCUT2D eigenvalue weighted by Gasteiger charge is -2.27. The third-order valence-corrected chi connectivity index (χ3v) is 8.47. The average Bonchev–Trinajstić information content (AvgIpc) is 3.17. The highest BCUT2D eigenvalue weighted by atomic mass is 35.5. The van der Waals surface area contributed by atoms with Crippen molar-refractivity contribution < 1.29 is 35.9 Å². The molecule has 9 nitrogen and oxygen atoms in total. The van der Waals surface area contributed by atoms with Crippen molar-refractivity contribution in [1.29, 1.82) is 0 Å². The van der Waals surface area contributed by atoms with Gasteiger partial charge in [0.1, 0.15) is 15.6 Å². The van der Waals surface area contributed by atoms with Gasteiger partial charge in [-0.05, 0) is 45.4 Å². The van der Waals surface area contributed by atoms with Crippen molar-refractivity contribution in [3.8, 4) is 22.9 Å². The van der Waals surface area contributed by atoms with E-state index in [4.69, 9.17) is 21.1 Å². The minimum atomic E-state index is -4.56. The highest BCUT2D eigenvalue weighted by Crippen LogP contribution is 2.38. The summed E-state index contributed by atoms with van der Waals surface area (Å²) in [6.07, 6.45) is -1.64. The van der Waals surface area contributed by atoms with Gasteiger partial charge in [0.15, 0.2) is 11.8 Å². The van der Waals surface area contributed by atoms with E-state index in [0.717, 1.165) is 6.92 Å². The van der Waals surface area contributed by atoms with Crippen molar-refractivity contribution in [2.45, 2.75) is 63.6 Å². The van der Waals surface area contributed by atoms with Crippen LogP contribution in [0.25, 0.3) is 11.3 Å². The maximum Gasteiger partial charge on any atom is 0.425 e. The number of hydrogen-bond acceptors (Lipinski definition) is 7. The number of carbonyl (C=O) groups is 1. The van der Waals surface area contributed by atoms with Crippen LogP contribution in [0.15, 0.2) is 12.3 Å². The lowest BCUT2D eigenvalue weighted by atomic mass is 9.89. The number of pyridine rings is 1. The van der Waals surface area contributed by atoms with Crippen molar-refractivity contribution in [1.82, 2.24) is 20.1 Å². The first-order valence-electron chi connectivity index (χ1n) is 11.8. The Morgan fingerprint density at radius 2 is 1.95 bits per heavy atom. The first-order valence-corrected chi connectivity index (χ1v) is 14.1. The SMILES string of the molecule is CCn1nc(C(=O)NCC2CCC(S(C)(=O)=O)CC2)c(Cl)c1-c1cnc(O[C@@H](C)C(F)(F)F)cc1OC. The molecule has 1 aliphatic carbocycles. The van der Waals surface area contributed by atoms with Gasteiger partial charge in [-0.2, -0.15) is 18.3 Å². The molecule has 2 heterocycles. The number of amides is 1. The molecule has 1 atom stereocenters. The van der Waals surface area contributed by atoms with Crippen LogP contribution in [-0.4, -0.2) is 66.5 Å². The lowest BCUT2D eigenvalue weighted by molar-refractivity contribution is -0.190. The summed E-state index contributed by atoms with van der Waals surface area (Å²) in [5.41, 5.74) is 0.631. The van der Waals surface area contributed by atoms with Gasteiger partial charge < -0.3 is 14.8 Å². The van der Waals surface area contributed by atoms with Gasteiger partial charge in [0.05, 0.1) is 28.6 Å². The average molecular weight is 567 g/mol. The smallest absolute Gasteiger partial charge is 0.425 e. The number of aromatic nitrogens is 3. The lowest BCUT2D eigenvalue weighted by Crippen LogP contribution is -2.34. The summed E-state index contributed by atoms with van der Waals surface area (Å²) < 4.78 is 73.8. The van der Waals surface area contributed by atoms with Gasteiger partial charge in [0.2, 0.25) is 5.88 Å². The van der Waals surface area contributed by atoms with Crippen LogP contribution >= 0.6 is 11.6 Å². The van der Waals surface area contributed by atoms with Gasteiger partial charge >= 0.3 is 6.18 Å². The third kappa shape index (κ3) is 6.86. The summed E-state index contributed by atoms with van der Waals surface area (Å²) in [7, 11) is -1.74. The number of rotatable bonds is 9. The number of methoxy groups -OCH3 is 1. The summed E-state index contributed by atoms with van der Waals surface area (Å²) >= 11 is 6.57. The number of nitrogens with one attached hydrogen (secondary N) is 1. The molecule has 37 heavy (non-hydrogen) atoms. The monoisotopic (exact) mass is 566 g/mol. The predicted octanol–water partition coefficient (Wildman–Crippen LogP) is 4.29. The van der Waals surface area contributed by atoms with Crippen LogP contribution in [0.1, 0.15) is 50.0 Å². The molecule has 0 unspecified atom stereocenters. The minimum absolute atomic E-state index is 0.0172. The maximum absolute atomic E-state index is 12.9. The number of hydrogen-bond donors (Lipinski definition) is 1. The zero-order valence-electron chi connectivity index (χ0n) is 20.9. The molecule has 2 aromatic heterocycles. The number of sulfone groups is 1. The van der Waals surface area contributed by atoms with Crippen LogP contribution < -0.4 is 14.8 Å². The van der Waals surface area contributed by atoms with Gasteiger partial charge in [0.25, 0.3) is 5.91 Å². The van der Waals surface area contributed by atoms with Gasteiger partial charge in [-0.15, -0.1) is 0 Å². The number of aryl methyl sites for hydroxylation is 1. The molecule has 0 radical (unpaired) electrons. The van der Waals surface area contributed by atoms with E-state index in [-0.39, 0.29) is 33.5 Å². The number of halogens is 4. The topological polar surface area (TPSA) is 112 Å². The van der Waals surface area contributed by atoms with E-state index >= 15 is 0 Å². The molecule has 0 aromatic carbocycles. The van der Waals surface area contributed by atoms with E-state index in [9.17, 15) is 26.4 Å². The Kier molecular flexibility index (Phi) is 8.99. The predicted molar refractivity (Wildman–Crippen MR) is 132 cm³/mol. The Labute approximate surface area is 218 Å². The Hall–Kier alpha value is -2.54. The van der Waals surface area contributed by atoms with E-state index in [2.05, 4.69) is 15.4 Å². The standard InChI is InChI=1S/C23H30ClF3N4O5S/c1-5-31-21(16-12-28-18(10-17(16)35-3)36-13(2)23(25,26)27)19(24)20(30-31)22(32)29-11-14-6-8-15(9-7-14)37(4,33)34/h10,12-15H,5-9,11H2,1-4H3,(H,29,32)/t13-,14?,15?/m0/s1. The Balaban J connectivity index is 1.78. The van der Waals surface area contributed by atoms with Crippen LogP contribution in [0.2, 0.25) is 5.02 Å². The molecule has 14 heteroatoms. The minimum Gasteiger partial charge on any atom is -0.496 e. The Morgan fingerprint density at radius 3 is 2.49 bits per heavy atom. The number of ether oxygens (including phenoxy) is 2. The van der Waals surface area contributed by atoms with Crippen LogP contribution in [0.5, 0.6) is 11.6 Å². The molecular weight excluding hydrogens is 537 g/mol. The summed E-state index contributed by atoms with van der Waals surface area (Å²) in [5.74, 6) is -0.489. The third-order valence-electron chi connectivity index (χ3n) is 6.43. The van der Waals surface area contributed by atoms with Crippen LogP contribution in [0.4, 0.5) is 13.2 Å². The van der Waals surface area contributed by atoms with Crippen molar-refractivity contribution in [3.63, 3.8) is 0 Å². The van der Waals surface area contributed by atoms with Crippen LogP contribution in [-0.2, 0) is 16.4 Å². The second kappa shape index (κ2) is 11.5. The molecule has 1 fully saturated rings. The number of alkyl halides is 3. The molecule has 2 aromatic rings. The zero-order chi connectivity index (χ0) is 27.5. The molecule has 0 bridgehead atoms. The first kappa shape index (κ1) is 29.0. The fourth-order valence-electron chi connectivity index (χ4n) is 4.23. The molecule has 0 aliphatic heterocycles. The van der Waals surface area contributed by atoms with E-state index < -0.39 is 28.0 Å². The molecule has 206 valence electrons. The Bertz CT molecular complexity index is 1230. The number of carbonyl (C=O) groups excluding carboxylic acids is 1. The quantitative estimate of drug-likeness (QED) is 0.482. The molecular formula is C23H30ClF3N4O5S. The molecule has 1 N–H and O–H groups in total. The molecule has 1 amide bonds. The molecule has 0 saturated heterocycles. The molecule has 1 aliphatic rings. The van der Waals surface area contributed by atoms with Gasteiger partial charge in [-0.1, -0.05) is 11.6 Å². The second-order valence-corrected chi connectivity index (χ2v) is 11.7. The summed E-state index contributed by atoms with van der Waals surface area (Å²) in [4.78, 5) is 16.9. The molecule has 3 rings (SSSR count). The first-order chi connectivity index (χ1) is 17.3. The van der Waals surface area contributed by atoms with E-state index in [1.807, 2.05) is 0 Å². The van der Waals surface area contributed by atoms with Gasteiger partial charge in [-0.3, -0.25) is 9.48 Å². The van der Waals surface area contributed by atoms with Gasteiger partial charge in [0, 0.05) is 31.6 Å². The fourth-order valence-corrected chi connectivity index (χ4v) is 5.69. The van der Waals surface area contributed by atoms with Crippen LogP contribution in [0, 0.1) is 5.92 Å². The largest absolute Gasteiger partial charge is 0.496 e. The van der Waals surface area contributed by atoms with Crippen molar-refractivity contribution in [2.75, 3.05) is 19.9 Å². The molecule has 1 saturated carbocycles. The second-order valence-electron chi connectivity index (χ2n) is 9.03. The zero-order valence-corrected chi connectivity index (χ0v) is 22.5. The van der Waals surface area contributed by atoms with Gasteiger partial charge in [-0.25, -0.2) is 13.4 Å². The molecule has 0 spiro atoms. The van der Waals surface area contributed by atoms with Crippen molar-refractivity contribution in [3.05, 3.63) is 23.0 Å². The van der Waals surface area contributed by atoms with Crippen LogP contribution in [0.3, 0.4) is 0 Å². The van der Waals surface area contributed by atoms with Crippen molar-refractivity contribution in [2.24, 2.45) is 5.92 Å². The summed E-state index contributed by atoms with van der Waals surface area (Å²) in [6, 6.07) is 1.22.